The number of hydrogen-bond acceptors (Lipinski definition) is 3. The Labute approximate surface area is 98.1 Å². The van der Waals surface area contributed by atoms with Crippen LogP contribution in [0.5, 0.6) is 0 Å². The number of nitrogens with zero attached hydrogens (tertiary/aromatic N) is 1. The summed E-state index contributed by atoms with van der Waals surface area (Å²) in [5.74, 6) is -3.40. The Balaban J connectivity index is 2.23. The molecule has 0 aromatic carbocycles. The van der Waals surface area contributed by atoms with E-state index in [1.54, 1.807) is 20.8 Å². The molecule has 98 valence electrons. The topological polar surface area (TPSA) is 58.6 Å². The lowest BCUT2D eigenvalue weighted by molar-refractivity contribution is -0.153. The molecule has 0 aromatic rings. The molecule has 17 heavy (non-hydrogen) atoms. The lowest BCUT2D eigenvalue weighted by Crippen LogP contribution is -2.61. The molecular weight excluding hydrogens is 234 g/mol. The van der Waals surface area contributed by atoms with Gasteiger partial charge in [0, 0.05) is 0 Å². The summed E-state index contributed by atoms with van der Waals surface area (Å²) in [4.78, 5) is 23.4. The predicted octanol–water partition coefficient (Wildman–Crippen LogP) is 0.989. The number of likely N-dealkylation sites (tertiary alicyclic amines) is 1. The van der Waals surface area contributed by atoms with Gasteiger partial charge in [-0.05, 0) is 20.8 Å². The van der Waals surface area contributed by atoms with Crippen LogP contribution in [0.4, 0.5) is 13.6 Å². The van der Waals surface area contributed by atoms with Crippen LogP contribution < -0.4 is 5.32 Å². The van der Waals surface area contributed by atoms with E-state index < -0.39 is 36.6 Å². The van der Waals surface area contributed by atoms with Crippen LogP contribution in [0.2, 0.25) is 0 Å². The minimum atomic E-state index is -2.80. The average Bonchev–Trinajstić information content (AvgIpc) is 2.07. The summed E-state index contributed by atoms with van der Waals surface area (Å²) in [6, 6.07) is -0.679. The number of rotatable bonds is 2. The van der Waals surface area contributed by atoms with E-state index in [0.29, 0.717) is 0 Å². The quantitative estimate of drug-likeness (QED) is 0.743. The van der Waals surface area contributed by atoms with E-state index >= 15 is 0 Å². The molecule has 1 heterocycles. The fourth-order valence-corrected chi connectivity index (χ4v) is 1.29. The van der Waals surface area contributed by atoms with Crippen molar-refractivity contribution in [2.45, 2.75) is 32.3 Å². The molecule has 0 bridgehead atoms. The second-order valence-electron chi connectivity index (χ2n) is 4.96. The second-order valence-corrected chi connectivity index (χ2v) is 4.96. The number of halogens is 2. The van der Waals surface area contributed by atoms with E-state index in [1.807, 2.05) is 0 Å². The molecule has 2 amide bonds. The number of ether oxygens (including phenoxy) is 1. The van der Waals surface area contributed by atoms with Gasteiger partial charge in [-0.1, -0.05) is 0 Å². The zero-order valence-corrected chi connectivity index (χ0v) is 10.0. The van der Waals surface area contributed by atoms with Crippen LogP contribution in [-0.2, 0) is 9.53 Å². The van der Waals surface area contributed by atoms with Gasteiger partial charge in [-0.15, -0.1) is 0 Å². The molecule has 0 atom stereocenters. The third kappa shape index (κ3) is 4.54. The standard InChI is InChI=1S/C10H16F2N2O3/c1-9(2,3)17-7(15)4-13-8(16)14-5-10(11,12)6-14/h4-6H2,1-3H3,(H,13,16). The van der Waals surface area contributed by atoms with Crippen molar-refractivity contribution in [3.8, 4) is 0 Å². The first-order valence-corrected chi connectivity index (χ1v) is 5.21. The summed E-state index contributed by atoms with van der Waals surface area (Å²) < 4.78 is 29.9. The molecule has 0 aromatic heterocycles. The SMILES string of the molecule is CC(C)(C)OC(=O)CNC(=O)N1CC(F)(F)C1. The maximum Gasteiger partial charge on any atom is 0.325 e. The Hall–Kier alpha value is -1.40. The number of nitrogens with one attached hydrogen (secondary N) is 1. The number of amides is 2. The van der Waals surface area contributed by atoms with Crippen molar-refractivity contribution in [3.63, 3.8) is 0 Å². The third-order valence-electron chi connectivity index (χ3n) is 1.94. The first-order chi connectivity index (χ1) is 7.59. The van der Waals surface area contributed by atoms with E-state index in [9.17, 15) is 18.4 Å². The number of carbonyl (C=O) groups is 2. The van der Waals surface area contributed by atoms with Gasteiger partial charge in [-0.3, -0.25) is 4.79 Å². The first kappa shape index (κ1) is 13.7. The summed E-state index contributed by atoms with van der Waals surface area (Å²) in [6.45, 7) is 3.56. The summed E-state index contributed by atoms with van der Waals surface area (Å²) >= 11 is 0. The van der Waals surface area contributed by atoms with Crippen LogP contribution in [0.15, 0.2) is 0 Å². The van der Waals surface area contributed by atoms with Gasteiger partial charge < -0.3 is 15.0 Å². The summed E-state index contributed by atoms with van der Waals surface area (Å²) in [5.41, 5.74) is -0.633. The van der Waals surface area contributed by atoms with Crippen LogP contribution in [0.3, 0.4) is 0 Å². The molecule has 0 radical (unpaired) electrons. The Morgan fingerprint density at radius 1 is 1.35 bits per heavy atom. The van der Waals surface area contributed by atoms with Crippen molar-refractivity contribution in [2.75, 3.05) is 19.6 Å². The number of hydrogen-bond donors (Lipinski definition) is 1. The van der Waals surface area contributed by atoms with Crippen LogP contribution >= 0.6 is 0 Å². The van der Waals surface area contributed by atoms with Crippen molar-refractivity contribution in [2.24, 2.45) is 0 Å². The highest BCUT2D eigenvalue weighted by Crippen LogP contribution is 2.26. The normalized spacial score (nSPS) is 18.3. The van der Waals surface area contributed by atoms with Gasteiger partial charge in [0.2, 0.25) is 0 Å². The number of carbonyl (C=O) groups excluding carboxylic acids is 2. The Kier molecular flexibility index (Phi) is 3.59. The minimum Gasteiger partial charge on any atom is -0.459 e. The zero-order valence-electron chi connectivity index (χ0n) is 10.0. The van der Waals surface area contributed by atoms with Crippen molar-refractivity contribution in [1.82, 2.24) is 10.2 Å². The fraction of sp³-hybridized carbons (Fsp3) is 0.800. The van der Waals surface area contributed by atoms with Gasteiger partial charge in [-0.2, -0.15) is 0 Å². The molecule has 1 aliphatic heterocycles. The Morgan fingerprint density at radius 2 is 1.88 bits per heavy atom. The van der Waals surface area contributed by atoms with E-state index in [2.05, 4.69) is 5.32 Å². The first-order valence-electron chi connectivity index (χ1n) is 5.21. The molecule has 0 saturated carbocycles. The Morgan fingerprint density at radius 3 is 2.29 bits per heavy atom. The van der Waals surface area contributed by atoms with Gasteiger partial charge in [0.15, 0.2) is 0 Å². The minimum absolute atomic E-state index is 0.321. The third-order valence-corrected chi connectivity index (χ3v) is 1.94. The molecule has 7 heteroatoms. The molecule has 0 aliphatic carbocycles. The second kappa shape index (κ2) is 4.46. The molecule has 0 unspecified atom stereocenters. The summed E-state index contributed by atoms with van der Waals surface area (Å²) in [6.07, 6.45) is 0. The zero-order chi connectivity index (χ0) is 13.3. The van der Waals surface area contributed by atoms with Crippen LogP contribution in [-0.4, -0.2) is 48.1 Å². The molecule has 1 fully saturated rings. The van der Waals surface area contributed by atoms with Crippen molar-refractivity contribution < 1.29 is 23.1 Å². The van der Waals surface area contributed by atoms with Crippen molar-refractivity contribution >= 4 is 12.0 Å². The largest absolute Gasteiger partial charge is 0.459 e. The summed E-state index contributed by atoms with van der Waals surface area (Å²) in [7, 11) is 0. The maximum absolute atomic E-state index is 12.5. The van der Waals surface area contributed by atoms with E-state index in [1.165, 1.54) is 0 Å². The highest BCUT2D eigenvalue weighted by molar-refractivity contribution is 5.81. The Bertz CT molecular complexity index is 318. The van der Waals surface area contributed by atoms with Crippen LogP contribution in [0.1, 0.15) is 20.8 Å². The number of esters is 1. The molecule has 1 aliphatic rings. The molecule has 5 nitrogen and oxygen atoms in total. The summed E-state index contributed by atoms with van der Waals surface area (Å²) in [5, 5.41) is 2.22. The monoisotopic (exact) mass is 250 g/mol. The van der Waals surface area contributed by atoms with Gasteiger partial charge in [-0.25, -0.2) is 13.6 Å². The smallest absolute Gasteiger partial charge is 0.325 e. The lowest BCUT2D eigenvalue weighted by Gasteiger charge is -2.38. The van der Waals surface area contributed by atoms with E-state index in [4.69, 9.17) is 4.74 Å². The maximum atomic E-state index is 12.5. The van der Waals surface area contributed by atoms with Crippen molar-refractivity contribution in [3.05, 3.63) is 0 Å². The van der Waals surface area contributed by atoms with Gasteiger partial charge in [0.25, 0.3) is 5.92 Å². The van der Waals surface area contributed by atoms with Crippen LogP contribution in [0, 0.1) is 0 Å². The van der Waals surface area contributed by atoms with Gasteiger partial charge in [0.05, 0.1) is 13.1 Å². The average molecular weight is 250 g/mol. The highest BCUT2D eigenvalue weighted by Gasteiger charge is 2.46. The van der Waals surface area contributed by atoms with Crippen molar-refractivity contribution in [1.29, 1.82) is 0 Å². The van der Waals surface area contributed by atoms with E-state index in [-0.39, 0.29) is 6.54 Å². The fourth-order valence-electron chi connectivity index (χ4n) is 1.29. The molecule has 1 N–H and O–H groups in total. The molecule has 1 saturated heterocycles. The lowest BCUT2D eigenvalue weighted by atomic mass is 10.2. The highest BCUT2D eigenvalue weighted by atomic mass is 19.3. The van der Waals surface area contributed by atoms with Gasteiger partial charge in [0.1, 0.15) is 12.1 Å². The van der Waals surface area contributed by atoms with E-state index in [0.717, 1.165) is 4.90 Å². The molecule has 1 rings (SSSR count). The number of urea groups is 1. The predicted molar refractivity (Wildman–Crippen MR) is 55.8 cm³/mol. The molecular formula is C10H16F2N2O3. The molecule has 0 spiro atoms. The van der Waals surface area contributed by atoms with Crippen LogP contribution in [0.25, 0.3) is 0 Å². The van der Waals surface area contributed by atoms with Gasteiger partial charge >= 0.3 is 12.0 Å². The number of alkyl halides is 2.